The van der Waals surface area contributed by atoms with E-state index in [9.17, 15) is 9.90 Å². The fourth-order valence-electron chi connectivity index (χ4n) is 2.65. The van der Waals surface area contributed by atoms with Gasteiger partial charge in [0, 0.05) is 24.2 Å². The Kier molecular flexibility index (Phi) is 5.16. The molecule has 0 aliphatic heterocycles. The summed E-state index contributed by atoms with van der Waals surface area (Å²) in [4.78, 5) is 14.0. The molecule has 2 aromatic carbocycles. The van der Waals surface area contributed by atoms with Gasteiger partial charge >= 0.3 is 0 Å². The molecule has 2 N–H and O–H groups in total. The van der Waals surface area contributed by atoms with Gasteiger partial charge in [-0.1, -0.05) is 54.1 Å². The molecule has 1 heterocycles. The van der Waals surface area contributed by atoms with Crippen molar-refractivity contribution < 1.29 is 9.90 Å². The molecule has 0 spiro atoms. The Morgan fingerprint density at radius 3 is 2.72 bits per heavy atom. The molecule has 0 aliphatic carbocycles. The first-order valence-electron chi connectivity index (χ1n) is 7.82. The van der Waals surface area contributed by atoms with E-state index in [4.69, 9.17) is 11.6 Å². The standard InChI is InChI=1S/C19H18ClN3O2/c1-23(19(25)18(24)14-8-5-9-16(20)10-14)12-15-11-21-22-17(15)13-6-3-2-4-7-13/h2-11,18,24H,12H2,1H3,(H,21,22)/t18-/m1/s1. The van der Waals surface area contributed by atoms with Crippen LogP contribution in [-0.2, 0) is 11.3 Å². The predicted molar refractivity (Wildman–Crippen MR) is 96.9 cm³/mol. The highest BCUT2D eigenvalue weighted by molar-refractivity contribution is 6.30. The minimum atomic E-state index is -1.25. The van der Waals surface area contributed by atoms with Gasteiger partial charge in [-0.05, 0) is 23.3 Å². The first kappa shape index (κ1) is 17.2. The number of aliphatic hydroxyl groups is 1. The number of hydrogen-bond donors (Lipinski definition) is 2. The number of halogens is 1. The SMILES string of the molecule is CN(Cc1cn[nH]c1-c1ccccc1)C(=O)[C@H](O)c1cccc(Cl)c1. The molecule has 1 amide bonds. The third kappa shape index (κ3) is 3.90. The highest BCUT2D eigenvalue weighted by Crippen LogP contribution is 2.24. The van der Waals surface area contributed by atoms with Gasteiger partial charge in [0.15, 0.2) is 6.10 Å². The molecule has 0 saturated carbocycles. The van der Waals surface area contributed by atoms with Gasteiger partial charge in [-0.15, -0.1) is 0 Å². The van der Waals surface area contributed by atoms with Gasteiger partial charge in [-0.2, -0.15) is 5.10 Å². The monoisotopic (exact) mass is 355 g/mol. The van der Waals surface area contributed by atoms with Crippen LogP contribution in [0.4, 0.5) is 0 Å². The van der Waals surface area contributed by atoms with Crippen molar-refractivity contribution in [1.29, 1.82) is 0 Å². The van der Waals surface area contributed by atoms with Gasteiger partial charge in [0.05, 0.1) is 11.9 Å². The van der Waals surface area contributed by atoms with Crippen LogP contribution >= 0.6 is 11.6 Å². The number of carbonyl (C=O) groups is 1. The maximum atomic E-state index is 12.5. The van der Waals surface area contributed by atoms with E-state index in [1.165, 1.54) is 4.90 Å². The fraction of sp³-hybridized carbons (Fsp3) is 0.158. The van der Waals surface area contributed by atoms with Gasteiger partial charge in [0.1, 0.15) is 0 Å². The molecular formula is C19H18ClN3O2. The molecule has 0 unspecified atom stereocenters. The predicted octanol–water partition coefficient (Wildman–Crippen LogP) is 3.42. The average molecular weight is 356 g/mol. The summed E-state index contributed by atoms with van der Waals surface area (Å²) in [5.74, 6) is -0.400. The fourth-order valence-corrected chi connectivity index (χ4v) is 2.85. The Morgan fingerprint density at radius 1 is 1.24 bits per heavy atom. The lowest BCUT2D eigenvalue weighted by molar-refractivity contribution is -0.139. The zero-order valence-corrected chi connectivity index (χ0v) is 14.4. The average Bonchev–Trinajstić information content (AvgIpc) is 3.09. The largest absolute Gasteiger partial charge is 0.378 e. The van der Waals surface area contributed by atoms with E-state index in [-0.39, 0.29) is 0 Å². The highest BCUT2D eigenvalue weighted by Gasteiger charge is 2.22. The van der Waals surface area contributed by atoms with Crippen LogP contribution in [-0.4, -0.2) is 33.2 Å². The van der Waals surface area contributed by atoms with Crippen molar-refractivity contribution in [2.75, 3.05) is 7.05 Å². The molecule has 128 valence electrons. The summed E-state index contributed by atoms with van der Waals surface area (Å²) < 4.78 is 0. The summed E-state index contributed by atoms with van der Waals surface area (Å²) in [6.45, 7) is 0.331. The van der Waals surface area contributed by atoms with Gasteiger partial charge in [0.25, 0.3) is 5.91 Å². The summed E-state index contributed by atoms with van der Waals surface area (Å²) in [6, 6.07) is 16.4. The normalized spacial score (nSPS) is 12.0. The van der Waals surface area contributed by atoms with Gasteiger partial charge in [0.2, 0.25) is 0 Å². The van der Waals surface area contributed by atoms with E-state index in [1.807, 2.05) is 30.3 Å². The Morgan fingerprint density at radius 2 is 2.00 bits per heavy atom. The number of likely N-dealkylation sites (N-methyl/N-ethyl adjacent to an activating group) is 1. The minimum Gasteiger partial charge on any atom is -0.378 e. The zero-order chi connectivity index (χ0) is 17.8. The van der Waals surface area contributed by atoms with Gasteiger partial charge in [-0.3, -0.25) is 9.89 Å². The number of aromatic nitrogens is 2. The zero-order valence-electron chi connectivity index (χ0n) is 13.7. The molecule has 3 aromatic rings. The second-order valence-electron chi connectivity index (χ2n) is 5.79. The van der Waals surface area contributed by atoms with Crippen molar-refractivity contribution >= 4 is 17.5 Å². The maximum Gasteiger partial charge on any atom is 0.256 e. The van der Waals surface area contributed by atoms with Crippen molar-refractivity contribution in [2.24, 2.45) is 0 Å². The molecule has 0 saturated heterocycles. The lowest BCUT2D eigenvalue weighted by Crippen LogP contribution is -2.31. The Bertz CT molecular complexity index is 864. The molecule has 0 aliphatic rings. The van der Waals surface area contributed by atoms with Crippen molar-refractivity contribution in [2.45, 2.75) is 12.6 Å². The van der Waals surface area contributed by atoms with Gasteiger partial charge in [-0.25, -0.2) is 0 Å². The summed E-state index contributed by atoms with van der Waals surface area (Å²) in [6.07, 6.45) is 0.438. The van der Waals surface area contributed by atoms with E-state index in [0.29, 0.717) is 17.1 Å². The molecule has 0 fully saturated rings. The molecule has 0 bridgehead atoms. The van der Waals surface area contributed by atoms with Crippen LogP contribution in [0, 0.1) is 0 Å². The maximum absolute atomic E-state index is 12.5. The van der Waals surface area contributed by atoms with E-state index >= 15 is 0 Å². The third-order valence-electron chi connectivity index (χ3n) is 3.96. The smallest absolute Gasteiger partial charge is 0.256 e. The topological polar surface area (TPSA) is 69.2 Å². The van der Waals surface area contributed by atoms with E-state index in [0.717, 1.165) is 16.8 Å². The van der Waals surface area contributed by atoms with Crippen LogP contribution in [0.15, 0.2) is 60.8 Å². The van der Waals surface area contributed by atoms with E-state index < -0.39 is 12.0 Å². The Labute approximate surface area is 150 Å². The summed E-state index contributed by atoms with van der Waals surface area (Å²) in [5.41, 5.74) is 3.20. The first-order valence-corrected chi connectivity index (χ1v) is 8.20. The Balaban J connectivity index is 1.76. The molecule has 6 heteroatoms. The molecule has 0 radical (unpaired) electrons. The second kappa shape index (κ2) is 7.51. The lowest BCUT2D eigenvalue weighted by Gasteiger charge is -2.21. The van der Waals surface area contributed by atoms with Crippen LogP contribution in [0.1, 0.15) is 17.2 Å². The number of carbonyl (C=O) groups excluding carboxylic acids is 1. The van der Waals surface area contributed by atoms with Crippen LogP contribution in [0.3, 0.4) is 0 Å². The molecule has 1 aromatic heterocycles. The number of nitrogens with zero attached hydrogens (tertiary/aromatic N) is 2. The van der Waals surface area contributed by atoms with E-state index in [2.05, 4.69) is 10.2 Å². The number of benzene rings is 2. The van der Waals surface area contributed by atoms with Crippen molar-refractivity contribution in [3.05, 3.63) is 76.9 Å². The van der Waals surface area contributed by atoms with Crippen molar-refractivity contribution in [3.63, 3.8) is 0 Å². The molecular weight excluding hydrogens is 338 g/mol. The van der Waals surface area contributed by atoms with Crippen LogP contribution in [0.25, 0.3) is 11.3 Å². The lowest BCUT2D eigenvalue weighted by atomic mass is 10.1. The van der Waals surface area contributed by atoms with E-state index in [1.54, 1.807) is 37.5 Å². The molecule has 1 atom stereocenters. The van der Waals surface area contributed by atoms with Crippen LogP contribution in [0.5, 0.6) is 0 Å². The quantitative estimate of drug-likeness (QED) is 0.736. The number of aromatic amines is 1. The molecule has 3 rings (SSSR count). The third-order valence-corrected chi connectivity index (χ3v) is 4.20. The molecule has 25 heavy (non-hydrogen) atoms. The number of rotatable bonds is 5. The second-order valence-corrected chi connectivity index (χ2v) is 6.22. The minimum absolute atomic E-state index is 0.331. The highest BCUT2D eigenvalue weighted by atomic mass is 35.5. The number of H-pyrrole nitrogens is 1. The van der Waals surface area contributed by atoms with Crippen molar-refractivity contribution in [1.82, 2.24) is 15.1 Å². The summed E-state index contributed by atoms with van der Waals surface area (Å²) in [7, 11) is 1.65. The number of nitrogens with one attached hydrogen (secondary N) is 1. The van der Waals surface area contributed by atoms with Gasteiger partial charge < -0.3 is 10.0 Å². The van der Waals surface area contributed by atoms with Crippen molar-refractivity contribution in [3.8, 4) is 11.3 Å². The first-order chi connectivity index (χ1) is 12.1. The summed E-state index contributed by atoms with van der Waals surface area (Å²) >= 11 is 5.93. The van der Waals surface area contributed by atoms with Crippen LogP contribution in [0.2, 0.25) is 5.02 Å². The summed E-state index contributed by atoms with van der Waals surface area (Å²) in [5, 5.41) is 17.9. The molecule has 5 nitrogen and oxygen atoms in total. The number of amides is 1. The van der Waals surface area contributed by atoms with Crippen LogP contribution < -0.4 is 0 Å². The number of aliphatic hydroxyl groups excluding tert-OH is 1. The Hall–Kier alpha value is -2.63. The number of hydrogen-bond acceptors (Lipinski definition) is 3.